The maximum absolute atomic E-state index is 14.6. The average molecular weight is 566 g/mol. The van der Waals surface area contributed by atoms with Gasteiger partial charge in [-0.1, -0.05) is 18.7 Å². The van der Waals surface area contributed by atoms with Crippen LogP contribution in [-0.4, -0.2) is 67.2 Å². The van der Waals surface area contributed by atoms with E-state index in [-0.39, 0.29) is 17.5 Å². The van der Waals surface area contributed by atoms with E-state index < -0.39 is 17.7 Å². The third kappa shape index (κ3) is 5.93. The highest BCUT2D eigenvalue weighted by Gasteiger charge is 2.32. The molecule has 12 heteroatoms. The van der Waals surface area contributed by atoms with Crippen molar-refractivity contribution < 1.29 is 23.1 Å². The van der Waals surface area contributed by atoms with Crippen molar-refractivity contribution in [2.24, 2.45) is 0 Å². The molecule has 0 radical (unpaired) electrons. The van der Waals surface area contributed by atoms with E-state index >= 15 is 0 Å². The van der Waals surface area contributed by atoms with Crippen LogP contribution in [0.2, 0.25) is 0 Å². The van der Waals surface area contributed by atoms with Gasteiger partial charge < -0.3 is 25.2 Å². The quantitative estimate of drug-likeness (QED) is 0.379. The number of nitrogens with zero attached hydrogens (tertiary/aromatic N) is 5. The number of amides is 1. The van der Waals surface area contributed by atoms with Crippen molar-refractivity contribution in [1.29, 1.82) is 0 Å². The van der Waals surface area contributed by atoms with E-state index in [4.69, 9.17) is 9.57 Å². The first kappa shape index (κ1) is 28.2. The number of anilines is 5. The van der Waals surface area contributed by atoms with E-state index in [1.165, 1.54) is 29.6 Å². The van der Waals surface area contributed by atoms with Crippen molar-refractivity contribution in [3.05, 3.63) is 72.6 Å². The number of methoxy groups -OCH3 is 1. The van der Waals surface area contributed by atoms with Crippen LogP contribution in [0, 0.1) is 11.6 Å². The van der Waals surface area contributed by atoms with Gasteiger partial charge in [-0.05, 0) is 32.2 Å². The third-order valence-corrected chi connectivity index (χ3v) is 7.29. The standard InChI is InChI=1S/C29H33F2N7O3/c1-5-28(39)35-21-13-22(25(40-4)14-24(21)37-11-10-36(3)16-18(37)2)34-26-15-27(33-17-32-26)38-23(9-12-41-38)19-7-6-8-20(30)29(19)31/h5-8,13-15,17-18,23H,1,9-12,16H2,2-4H3,(H,35,39)(H,32,33,34)/t18-,23-/m1/s1. The zero-order valence-electron chi connectivity index (χ0n) is 23.2. The Hall–Kier alpha value is -4.29. The number of ether oxygens (including phenoxy) is 1. The van der Waals surface area contributed by atoms with Crippen LogP contribution >= 0.6 is 0 Å². The van der Waals surface area contributed by atoms with Crippen LogP contribution in [0.15, 0.2) is 55.4 Å². The first-order chi connectivity index (χ1) is 19.8. The van der Waals surface area contributed by atoms with Gasteiger partial charge in [-0.25, -0.2) is 23.8 Å². The molecule has 5 rings (SSSR count). The molecular weight excluding hydrogens is 532 g/mol. The predicted octanol–water partition coefficient (Wildman–Crippen LogP) is 4.65. The predicted molar refractivity (Wildman–Crippen MR) is 154 cm³/mol. The van der Waals surface area contributed by atoms with E-state index in [1.54, 1.807) is 19.2 Å². The van der Waals surface area contributed by atoms with Gasteiger partial charge in [-0.15, -0.1) is 0 Å². The summed E-state index contributed by atoms with van der Waals surface area (Å²) in [5.41, 5.74) is 2.16. The lowest BCUT2D eigenvalue weighted by atomic mass is 10.0. The molecule has 216 valence electrons. The number of piperazine rings is 1. The van der Waals surface area contributed by atoms with Gasteiger partial charge in [-0.2, -0.15) is 0 Å². The number of halogens is 2. The zero-order valence-corrected chi connectivity index (χ0v) is 23.2. The highest BCUT2D eigenvalue weighted by atomic mass is 19.2. The van der Waals surface area contributed by atoms with Gasteiger partial charge in [0.1, 0.15) is 17.9 Å². The normalized spacial score (nSPS) is 19.2. The van der Waals surface area contributed by atoms with Gasteiger partial charge in [-0.3, -0.25) is 9.63 Å². The lowest BCUT2D eigenvalue weighted by Gasteiger charge is -2.40. The molecule has 10 nitrogen and oxygen atoms in total. The van der Waals surface area contributed by atoms with Gasteiger partial charge in [0.2, 0.25) is 5.91 Å². The zero-order chi connectivity index (χ0) is 29.1. The maximum atomic E-state index is 14.6. The molecule has 2 N–H and O–H groups in total. The van der Waals surface area contributed by atoms with Crippen LogP contribution in [0.25, 0.3) is 0 Å². The second kappa shape index (κ2) is 12.1. The molecule has 2 saturated heterocycles. The minimum atomic E-state index is -0.916. The van der Waals surface area contributed by atoms with E-state index in [0.29, 0.717) is 41.8 Å². The number of carbonyl (C=O) groups excluding carboxylic acids is 1. The summed E-state index contributed by atoms with van der Waals surface area (Å²) < 4.78 is 34.3. The van der Waals surface area contributed by atoms with Crippen molar-refractivity contribution in [2.45, 2.75) is 25.4 Å². The Bertz CT molecular complexity index is 1440. The minimum absolute atomic E-state index is 0.189. The molecular formula is C29H33F2N7O3. The molecule has 2 aliphatic heterocycles. The number of hydroxylamine groups is 1. The maximum Gasteiger partial charge on any atom is 0.247 e. The van der Waals surface area contributed by atoms with Gasteiger partial charge in [0, 0.05) is 49.8 Å². The van der Waals surface area contributed by atoms with Gasteiger partial charge in [0.15, 0.2) is 17.5 Å². The lowest BCUT2D eigenvalue weighted by Crippen LogP contribution is -2.50. The largest absolute Gasteiger partial charge is 0.494 e. The molecule has 0 saturated carbocycles. The van der Waals surface area contributed by atoms with E-state index in [9.17, 15) is 13.6 Å². The number of likely N-dealkylation sites (N-methyl/N-ethyl adjacent to an activating group) is 1. The highest BCUT2D eigenvalue weighted by molar-refractivity contribution is 6.02. The Morgan fingerprint density at radius 2 is 2.02 bits per heavy atom. The number of aromatic nitrogens is 2. The van der Waals surface area contributed by atoms with Crippen molar-refractivity contribution in [3.8, 4) is 5.75 Å². The molecule has 2 aliphatic rings. The molecule has 0 spiro atoms. The molecule has 0 aliphatic carbocycles. The number of hydrogen-bond donors (Lipinski definition) is 2. The van der Waals surface area contributed by atoms with Crippen LogP contribution in [0.4, 0.5) is 37.5 Å². The highest BCUT2D eigenvalue weighted by Crippen LogP contribution is 2.41. The summed E-state index contributed by atoms with van der Waals surface area (Å²) in [7, 11) is 3.66. The Labute approximate surface area is 237 Å². The number of rotatable bonds is 8. The molecule has 2 atom stereocenters. The van der Waals surface area contributed by atoms with Crippen LogP contribution in [0.3, 0.4) is 0 Å². The monoisotopic (exact) mass is 565 g/mol. The topological polar surface area (TPSA) is 95.1 Å². The fourth-order valence-electron chi connectivity index (χ4n) is 5.28. The van der Waals surface area contributed by atoms with Gasteiger partial charge in [0.05, 0.1) is 36.8 Å². The molecule has 2 fully saturated rings. The van der Waals surface area contributed by atoms with Gasteiger partial charge in [0.25, 0.3) is 0 Å². The Morgan fingerprint density at radius 3 is 2.78 bits per heavy atom. The van der Waals surface area contributed by atoms with Crippen LogP contribution in [0.5, 0.6) is 5.75 Å². The van der Waals surface area contributed by atoms with E-state index in [1.807, 2.05) is 6.07 Å². The summed E-state index contributed by atoms with van der Waals surface area (Å²) in [6, 6.07) is 9.06. The van der Waals surface area contributed by atoms with E-state index in [2.05, 4.69) is 51.0 Å². The van der Waals surface area contributed by atoms with Gasteiger partial charge >= 0.3 is 0 Å². The second-order valence-corrected chi connectivity index (χ2v) is 10.1. The minimum Gasteiger partial charge on any atom is -0.494 e. The molecule has 0 bridgehead atoms. The number of carbonyl (C=O) groups is 1. The van der Waals surface area contributed by atoms with Crippen LogP contribution in [-0.2, 0) is 9.63 Å². The summed E-state index contributed by atoms with van der Waals surface area (Å²) in [6.07, 6.45) is 3.03. The van der Waals surface area contributed by atoms with Crippen molar-refractivity contribution in [3.63, 3.8) is 0 Å². The van der Waals surface area contributed by atoms with Crippen LogP contribution < -0.4 is 25.3 Å². The smallest absolute Gasteiger partial charge is 0.247 e. The molecule has 0 unspecified atom stereocenters. The summed E-state index contributed by atoms with van der Waals surface area (Å²) in [5, 5.41) is 7.64. The summed E-state index contributed by atoms with van der Waals surface area (Å²) in [4.78, 5) is 31.3. The first-order valence-corrected chi connectivity index (χ1v) is 13.3. The molecule has 2 aromatic carbocycles. The summed E-state index contributed by atoms with van der Waals surface area (Å²) in [6.45, 7) is 8.58. The van der Waals surface area contributed by atoms with E-state index in [0.717, 1.165) is 31.4 Å². The molecule has 1 amide bonds. The SMILES string of the molecule is C=CC(=O)Nc1cc(Nc2cc(N3OCC[C@@H]3c3cccc(F)c3F)ncn2)c(OC)cc1N1CCN(C)C[C@H]1C. The summed E-state index contributed by atoms with van der Waals surface area (Å²) >= 11 is 0. The average Bonchev–Trinajstić information content (AvgIpc) is 3.45. The summed E-state index contributed by atoms with van der Waals surface area (Å²) in [5.74, 6) is -0.843. The van der Waals surface area contributed by atoms with Crippen molar-refractivity contribution in [2.75, 3.05) is 61.0 Å². The third-order valence-electron chi connectivity index (χ3n) is 7.29. The first-order valence-electron chi connectivity index (χ1n) is 13.3. The van der Waals surface area contributed by atoms with Crippen LogP contribution in [0.1, 0.15) is 24.9 Å². The number of hydrogen-bond acceptors (Lipinski definition) is 9. The molecule has 3 aromatic rings. The molecule has 1 aromatic heterocycles. The molecule has 3 heterocycles. The fraction of sp³-hybridized carbons (Fsp3) is 0.345. The van der Waals surface area contributed by atoms with Crippen molar-refractivity contribution in [1.82, 2.24) is 14.9 Å². The fourth-order valence-corrected chi connectivity index (χ4v) is 5.28. The molecule has 41 heavy (non-hydrogen) atoms. The Kier molecular flexibility index (Phi) is 8.31. The Balaban J connectivity index is 1.46. The lowest BCUT2D eigenvalue weighted by molar-refractivity contribution is -0.111. The van der Waals surface area contributed by atoms with Crippen molar-refractivity contribution >= 4 is 34.6 Å². The Morgan fingerprint density at radius 1 is 1.20 bits per heavy atom. The number of nitrogens with one attached hydrogen (secondary N) is 2. The second-order valence-electron chi connectivity index (χ2n) is 10.1. The number of benzene rings is 2.